The highest BCUT2D eigenvalue weighted by atomic mass is 16.6. The standard InChI is InChI=1S/C15H10N4O5/c20-15-12-6-5-11(18(21)22)7-13(12)16-9-17(15)8-10-3-1-2-4-14(10)19(23)24/h1-7,9H,8H2. The second-order valence-electron chi connectivity index (χ2n) is 5.02. The molecule has 0 atom stereocenters. The Bertz CT molecular complexity index is 1030. The maximum absolute atomic E-state index is 12.5. The van der Waals surface area contributed by atoms with Crippen molar-refractivity contribution < 1.29 is 9.85 Å². The molecule has 0 aliphatic heterocycles. The smallest absolute Gasteiger partial charge is 0.274 e. The van der Waals surface area contributed by atoms with Crippen molar-refractivity contribution in [3.63, 3.8) is 0 Å². The van der Waals surface area contributed by atoms with E-state index in [1.54, 1.807) is 18.2 Å². The van der Waals surface area contributed by atoms with Crippen LogP contribution in [0.5, 0.6) is 0 Å². The van der Waals surface area contributed by atoms with Crippen LogP contribution in [0.3, 0.4) is 0 Å². The summed E-state index contributed by atoms with van der Waals surface area (Å²) in [5, 5.41) is 22.0. The number of hydrogen-bond donors (Lipinski definition) is 0. The number of fused-ring (bicyclic) bond motifs is 1. The van der Waals surface area contributed by atoms with Crippen LogP contribution in [0.25, 0.3) is 10.9 Å². The molecule has 0 N–H and O–H groups in total. The van der Waals surface area contributed by atoms with E-state index in [2.05, 4.69) is 4.98 Å². The molecule has 0 unspecified atom stereocenters. The molecular weight excluding hydrogens is 316 g/mol. The molecule has 0 aliphatic rings. The van der Waals surface area contributed by atoms with E-state index >= 15 is 0 Å². The average Bonchev–Trinajstić information content (AvgIpc) is 2.57. The second kappa shape index (κ2) is 5.88. The van der Waals surface area contributed by atoms with Crippen molar-refractivity contribution in [3.05, 3.63) is 84.9 Å². The lowest BCUT2D eigenvalue weighted by molar-refractivity contribution is -0.385. The first-order valence-corrected chi connectivity index (χ1v) is 6.83. The first kappa shape index (κ1) is 15.3. The van der Waals surface area contributed by atoms with Gasteiger partial charge in [-0.1, -0.05) is 18.2 Å². The Morgan fingerprint density at radius 1 is 1.04 bits per heavy atom. The van der Waals surface area contributed by atoms with Gasteiger partial charge in [-0.05, 0) is 6.07 Å². The number of nitrogens with zero attached hydrogens (tertiary/aromatic N) is 4. The lowest BCUT2D eigenvalue weighted by Gasteiger charge is -2.07. The summed E-state index contributed by atoms with van der Waals surface area (Å²) in [4.78, 5) is 37.3. The summed E-state index contributed by atoms with van der Waals surface area (Å²) in [6, 6.07) is 9.88. The van der Waals surface area contributed by atoms with Gasteiger partial charge in [0.2, 0.25) is 0 Å². The van der Waals surface area contributed by atoms with Gasteiger partial charge in [-0.3, -0.25) is 29.6 Å². The maximum atomic E-state index is 12.5. The van der Waals surface area contributed by atoms with E-state index in [4.69, 9.17) is 0 Å². The molecule has 0 fully saturated rings. The predicted molar refractivity (Wildman–Crippen MR) is 84.9 cm³/mol. The molecule has 1 heterocycles. The Kier molecular flexibility index (Phi) is 3.74. The summed E-state index contributed by atoms with van der Waals surface area (Å²) < 4.78 is 1.23. The van der Waals surface area contributed by atoms with Crippen molar-refractivity contribution in [1.82, 2.24) is 9.55 Å². The molecule has 9 nitrogen and oxygen atoms in total. The molecule has 0 aliphatic carbocycles. The highest BCUT2D eigenvalue weighted by Crippen LogP contribution is 2.19. The molecule has 9 heteroatoms. The van der Waals surface area contributed by atoms with Crippen LogP contribution in [0.4, 0.5) is 11.4 Å². The Balaban J connectivity index is 2.07. The monoisotopic (exact) mass is 326 g/mol. The molecule has 0 saturated carbocycles. The normalized spacial score (nSPS) is 10.7. The minimum atomic E-state index is -0.569. The topological polar surface area (TPSA) is 121 Å². The van der Waals surface area contributed by atoms with E-state index in [-0.39, 0.29) is 28.8 Å². The molecule has 2 aromatic carbocycles. The maximum Gasteiger partial charge on any atom is 0.274 e. The molecule has 24 heavy (non-hydrogen) atoms. The quantitative estimate of drug-likeness (QED) is 0.535. The van der Waals surface area contributed by atoms with Crippen molar-refractivity contribution in [1.29, 1.82) is 0 Å². The van der Waals surface area contributed by atoms with E-state index in [9.17, 15) is 25.0 Å². The van der Waals surface area contributed by atoms with Crippen molar-refractivity contribution in [2.75, 3.05) is 0 Å². The summed E-state index contributed by atoms with van der Waals surface area (Å²) in [6.07, 6.45) is 1.23. The summed E-state index contributed by atoms with van der Waals surface area (Å²) in [6.45, 7) is -0.0179. The zero-order valence-corrected chi connectivity index (χ0v) is 12.2. The van der Waals surface area contributed by atoms with Gasteiger partial charge in [0, 0.05) is 23.8 Å². The van der Waals surface area contributed by atoms with Gasteiger partial charge in [-0.2, -0.15) is 0 Å². The summed E-state index contributed by atoms with van der Waals surface area (Å²) >= 11 is 0. The highest BCUT2D eigenvalue weighted by molar-refractivity contribution is 5.79. The van der Waals surface area contributed by atoms with Crippen LogP contribution in [0.1, 0.15) is 5.56 Å². The number of hydrogen-bond acceptors (Lipinski definition) is 6. The van der Waals surface area contributed by atoms with Crippen LogP contribution in [0, 0.1) is 20.2 Å². The number of aromatic nitrogens is 2. The molecule has 0 radical (unpaired) electrons. The number of rotatable bonds is 4. The van der Waals surface area contributed by atoms with Crippen molar-refractivity contribution in [2.24, 2.45) is 0 Å². The fourth-order valence-corrected chi connectivity index (χ4v) is 2.38. The molecule has 120 valence electrons. The van der Waals surface area contributed by atoms with Gasteiger partial charge < -0.3 is 0 Å². The Hall–Kier alpha value is -3.62. The third kappa shape index (κ3) is 2.70. The second-order valence-corrected chi connectivity index (χ2v) is 5.02. The third-order valence-corrected chi connectivity index (χ3v) is 3.55. The molecule has 3 aromatic rings. The first-order chi connectivity index (χ1) is 11.5. The minimum Gasteiger partial charge on any atom is -0.294 e. The van der Waals surface area contributed by atoms with Gasteiger partial charge in [0.05, 0.1) is 33.6 Å². The van der Waals surface area contributed by atoms with Crippen LogP contribution >= 0.6 is 0 Å². The Morgan fingerprint density at radius 3 is 2.50 bits per heavy atom. The molecular formula is C15H10N4O5. The lowest BCUT2D eigenvalue weighted by Crippen LogP contribution is -2.21. The van der Waals surface area contributed by atoms with Crippen molar-refractivity contribution in [3.8, 4) is 0 Å². The molecule has 1 aromatic heterocycles. The van der Waals surface area contributed by atoms with Gasteiger partial charge in [-0.25, -0.2) is 4.98 Å². The van der Waals surface area contributed by atoms with E-state index in [0.29, 0.717) is 5.56 Å². The Labute approximate surface area is 134 Å². The third-order valence-electron chi connectivity index (χ3n) is 3.55. The van der Waals surface area contributed by atoms with E-state index in [0.717, 1.165) is 0 Å². The SMILES string of the molecule is O=c1c2ccc([N+](=O)[O-])cc2ncn1Cc1ccccc1[N+](=O)[O-]. The number of para-hydroxylation sites is 1. The molecule has 0 amide bonds. The number of benzene rings is 2. The van der Waals surface area contributed by atoms with Gasteiger partial charge in [-0.15, -0.1) is 0 Å². The first-order valence-electron chi connectivity index (χ1n) is 6.83. The van der Waals surface area contributed by atoms with Crippen LogP contribution in [0.15, 0.2) is 53.6 Å². The summed E-state index contributed by atoms with van der Waals surface area (Å²) in [5.41, 5.74) is -0.104. The van der Waals surface area contributed by atoms with E-state index in [1.165, 1.54) is 35.2 Å². The number of non-ortho nitro benzene ring substituents is 1. The average molecular weight is 326 g/mol. The largest absolute Gasteiger partial charge is 0.294 e. The fourth-order valence-electron chi connectivity index (χ4n) is 2.38. The van der Waals surface area contributed by atoms with E-state index in [1.807, 2.05) is 0 Å². The summed E-state index contributed by atoms with van der Waals surface area (Å²) in [5.74, 6) is 0. The lowest BCUT2D eigenvalue weighted by atomic mass is 10.1. The van der Waals surface area contributed by atoms with Crippen LogP contribution in [-0.2, 0) is 6.54 Å². The molecule has 3 rings (SSSR count). The number of nitro groups is 2. The minimum absolute atomic E-state index is 0.0179. The predicted octanol–water partition coefficient (Wildman–Crippen LogP) is 2.26. The number of nitro benzene ring substituents is 2. The van der Waals surface area contributed by atoms with Gasteiger partial charge in [0.1, 0.15) is 0 Å². The van der Waals surface area contributed by atoms with Crippen LogP contribution in [-0.4, -0.2) is 19.4 Å². The van der Waals surface area contributed by atoms with Crippen molar-refractivity contribution >= 4 is 22.3 Å². The van der Waals surface area contributed by atoms with Crippen LogP contribution in [0.2, 0.25) is 0 Å². The van der Waals surface area contributed by atoms with Crippen molar-refractivity contribution in [2.45, 2.75) is 6.54 Å². The van der Waals surface area contributed by atoms with Crippen LogP contribution < -0.4 is 5.56 Å². The van der Waals surface area contributed by atoms with Gasteiger partial charge >= 0.3 is 0 Å². The van der Waals surface area contributed by atoms with Gasteiger partial charge in [0.15, 0.2) is 0 Å². The highest BCUT2D eigenvalue weighted by Gasteiger charge is 2.15. The van der Waals surface area contributed by atoms with Gasteiger partial charge in [0.25, 0.3) is 16.9 Å². The zero-order valence-electron chi connectivity index (χ0n) is 12.2. The molecule has 0 saturated heterocycles. The Morgan fingerprint density at radius 2 is 1.79 bits per heavy atom. The zero-order chi connectivity index (χ0) is 17.3. The molecule has 0 spiro atoms. The summed E-state index contributed by atoms with van der Waals surface area (Å²) in [7, 11) is 0. The fraction of sp³-hybridized carbons (Fsp3) is 0.0667. The van der Waals surface area contributed by atoms with E-state index < -0.39 is 15.4 Å². The molecule has 0 bridgehead atoms.